The van der Waals surface area contributed by atoms with E-state index >= 15 is 0 Å². The molecule has 0 saturated heterocycles. The highest BCUT2D eigenvalue weighted by Gasteiger charge is 2.21. The summed E-state index contributed by atoms with van der Waals surface area (Å²) >= 11 is 0. The number of benzene rings is 2. The average Bonchev–Trinajstić information content (AvgIpc) is 2.64. The molecule has 0 aliphatic carbocycles. The standard InChI is InChI=1S/C20H21F2NO5/c1-11-6-5-7-12(2)17(11)23-18(24)13(3)27-19(25)14-8-9-15(28-20(21)22)16(10-14)26-4/h5-10,13,20H,1-4H3,(H,23,24)/t13-/m0/s1. The first-order valence-corrected chi connectivity index (χ1v) is 8.43. The number of nitrogens with one attached hydrogen (secondary N) is 1. The number of alkyl halides is 2. The number of aryl methyl sites for hydroxylation is 2. The Bertz CT molecular complexity index is 849. The van der Waals surface area contributed by atoms with Crippen LogP contribution < -0.4 is 14.8 Å². The van der Waals surface area contributed by atoms with Crippen molar-refractivity contribution in [2.24, 2.45) is 0 Å². The van der Waals surface area contributed by atoms with Crippen LogP contribution in [-0.2, 0) is 9.53 Å². The molecule has 0 unspecified atom stereocenters. The van der Waals surface area contributed by atoms with Crippen LogP contribution in [0.2, 0.25) is 0 Å². The van der Waals surface area contributed by atoms with Crippen molar-refractivity contribution in [3.63, 3.8) is 0 Å². The van der Waals surface area contributed by atoms with E-state index in [0.717, 1.165) is 11.1 Å². The van der Waals surface area contributed by atoms with Gasteiger partial charge in [0, 0.05) is 5.69 Å². The van der Waals surface area contributed by atoms with Crippen LogP contribution in [0.25, 0.3) is 0 Å². The van der Waals surface area contributed by atoms with Crippen LogP contribution in [0.4, 0.5) is 14.5 Å². The molecule has 150 valence electrons. The third-order valence-electron chi connectivity index (χ3n) is 4.00. The van der Waals surface area contributed by atoms with Crippen LogP contribution >= 0.6 is 0 Å². The van der Waals surface area contributed by atoms with Gasteiger partial charge in [0.2, 0.25) is 0 Å². The number of methoxy groups -OCH3 is 1. The molecule has 1 atom stereocenters. The molecule has 0 aliphatic heterocycles. The van der Waals surface area contributed by atoms with Crippen LogP contribution in [0.5, 0.6) is 11.5 Å². The molecule has 0 heterocycles. The zero-order valence-electron chi connectivity index (χ0n) is 15.9. The maximum Gasteiger partial charge on any atom is 0.387 e. The molecule has 0 aromatic heterocycles. The Morgan fingerprint density at radius 2 is 1.68 bits per heavy atom. The second kappa shape index (κ2) is 9.16. The number of anilines is 1. The zero-order valence-corrected chi connectivity index (χ0v) is 15.9. The second-order valence-electron chi connectivity index (χ2n) is 6.05. The summed E-state index contributed by atoms with van der Waals surface area (Å²) in [6, 6.07) is 9.21. The number of esters is 1. The molecular formula is C20H21F2NO5. The third kappa shape index (κ3) is 5.18. The van der Waals surface area contributed by atoms with Crippen molar-refractivity contribution in [2.75, 3.05) is 12.4 Å². The van der Waals surface area contributed by atoms with E-state index in [4.69, 9.17) is 9.47 Å². The van der Waals surface area contributed by atoms with Gasteiger partial charge in [-0.1, -0.05) is 18.2 Å². The van der Waals surface area contributed by atoms with Gasteiger partial charge in [-0.15, -0.1) is 0 Å². The van der Waals surface area contributed by atoms with E-state index < -0.39 is 24.6 Å². The zero-order chi connectivity index (χ0) is 20.8. The van der Waals surface area contributed by atoms with Crippen LogP contribution in [-0.4, -0.2) is 31.7 Å². The summed E-state index contributed by atoms with van der Waals surface area (Å²) in [5.74, 6) is -1.56. The fourth-order valence-electron chi connectivity index (χ4n) is 2.51. The van der Waals surface area contributed by atoms with Gasteiger partial charge >= 0.3 is 12.6 Å². The minimum absolute atomic E-state index is 0.0326. The van der Waals surface area contributed by atoms with Gasteiger partial charge in [-0.25, -0.2) is 4.79 Å². The van der Waals surface area contributed by atoms with Gasteiger partial charge in [0.25, 0.3) is 5.91 Å². The quantitative estimate of drug-likeness (QED) is 0.717. The van der Waals surface area contributed by atoms with Crippen molar-refractivity contribution >= 4 is 17.6 Å². The monoisotopic (exact) mass is 393 g/mol. The maximum atomic E-state index is 12.4. The summed E-state index contributed by atoms with van der Waals surface area (Å²) in [7, 11) is 1.25. The smallest absolute Gasteiger partial charge is 0.387 e. The molecule has 0 spiro atoms. The average molecular weight is 393 g/mol. The molecule has 28 heavy (non-hydrogen) atoms. The Morgan fingerprint density at radius 3 is 2.25 bits per heavy atom. The predicted molar refractivity (Wildman–Crippen MR) is 99.0 cm³/mol. The van der Waals surface area contributed by atoms with Crippen LogP contribution in [0.15, 0.2) is 36.4 Å². The van der Waals surface area contributed by atoms with E-state index in [1.165, 1.54) is 32.2 Å². The summed E-state index contributed by atoms with van der Waals surface area (Å²) < 4.78 is 39.2. The Kier molecular flexibility index (Phi) is 6.92. The van der Waals surface area contributed by atoms with Crippen molar-refractivity contribution < 1.29 is 32.6 Å². The Hall–Kier alpha value is -3.16. The Balaban J connectivity index is 2.08. The van der Waals surface area contributed by atoms with Crippen LogP contribution in [0, 0.1) is 13.8 Å². The fourth-order valence-corrected chi connectivity index (χ4v) is 2.51. The highest BCUT2D eigenvalue weighted by Crippen LogP contribution is 2.30. The third-order valence-corrected chi connectivity index (χ3v) is 4.00. The molecular weight excluding hydrogens is 372 g/mol. The molecule has 0 bridgehead atoms. The van der Waals surface area contributed by atoms with E-state index in [-0.39, 0.29) is 17.1 Å². The molecule has 0 fully saturated rings. The van der Waals surface area contributed by atoms with Crippen molar-refractivity contribution in [3.8, 4) is 11.5 Å². The summed E-state index contributed by atoms with van der Waals surface area (Å²) in [6.45, 7) is 2.12. The number of halogens is 2. The molecule has 2 aromatic carbocycles. The molecule has 6 nitrogen and oxygen atoms in total. The van der Waals surface area contributed by atoms with Crippen LogP contribution in [0.1, 0.15) is 28.4 Å². The van der Waals surface area contributed by atoms with E-state index in [0.29, 0.717) is 5.69 Å². The molecule has 2 rings (SSSR count). The SMILES string of the molecule is COc1cc(C(=O)O[C@@H](C)C(=O)Nc2c(C)cccc2C)ccc1OC(F)F. The van der Waals surface area contributed by atoms with Crippen molar-refractivity contribution in [3.05, 3.63) is 53.1 Å². The lowest BCUT2D eigenvalue weighted by atomic mass is 10.1. The number of hydrogen-bond acceptors (Lipinski definition) is 5. The fraction of sp³-hybridized carbons (Fsp3) is 0.300. The van der Waals surface area contributed by atoms with Gasteiger partial charge in [-0.2, -0.15) is 8.78 Å². The molecule has 8 heteroatoms. The molecule has 1 amide bonds. The largest absolute Gasteiger partial charge is 0.493 e. The number of hydrogen-bond donors (Lipinski definition) is 1. The van der Waals surface area contributed by atoms with E-state index in [9.17, 15) is 18.4 Å². The number of para-hydroxylation sites is 1. The predicted octanol–water partition coefficient (Wildman–Crippen LogP) is 4.10. The van der Waals surface area contributed by atoms with Gasteiger partial charge in [0.15, 0.2) is 17.6 Å². The number of carbonyl (C=O) groups is 2. The highest BCUT2D eigenvalue weighted by atomic mass is 19.3. The summed E-state index contributed by atoms with van der Waals surface area (Å²) in [5, 5.41) is 2.74. The van der Waals surface area contributed by atoms with E-state index in [1.54, 1.807) is 0 Å². The lowest BCUT2D eigenvalue weighted by molar-refractivity contribution is -0.123. The first-order valence-electron chi connectivity index (χ1n) is 8.43. The van der Waals surface area contributed by atoms with E-state index in [2.05, 4.69) is 10.1 Å². The normalized spacial score (nSPS) is 11.7. The Labute approximate surface area is 161 Å². The summed E-state index contributed by atoms with van der Waals surface area (Å²) in [6.07, 6.45) is -1.07. The molecule has 1 N–H and O–H groups in total. The van der Waals surface area contributed by atoms with E-state index in [1.807, 2.05) is 32.0 Å². The number of rotatable bonds is 7. The maximum absolute atomic E-state index is 12.4. The van der Waals surface area contributed by atoms with Crippen LogP contribution in [0.3, 0.4) is 0 Å². The lowest BCUT2D eigenvalue weighted by Gasteiger charge is -2.16. The lowest BCUT2D eigenvalue weighted by Crippen LogP contribution is -2.30. The highest BCUT2D eigenvalue weighted by molar-refractivity contribution is 5.98. The molecule has 0 radical (unpaired) electrons. The van der Waals surface area contributed by atoms with Crippen molar-refractivity contribution in [1.82, 2.24) is 0 Å². The second-order valence-corrected chi connectivity index (χ2v) is 6.05. The topological polar surface area (TPSA) is 73.9 Å². The van der Waals surface area contributed by atoms with Crippen molar-refractivity contribution in [1.29, 1.82) is 0 Å². The first kappa shape index (κ1) is 21.1. The minimum Gasteiger partial charge on any atom is -0.493 e. The molecule has 0 aliphatic rings. The minimum atomic E-state index is -3.03. The molecule has 0 saturated carbocycles. The van der Waals surface area contributed by atoms with Gasteiger partial charge in [-0.3, -0.25) is 4.79 Å². The van der Waals surface area contributed by atoms with Gasteiger partial charge in [0.1, 0.15) is 0 Å². The van der Waals surface area contributed by atoms with Crippen molar-refractivity contribution in [2.45, 2.75) is 33.5 Å². The number of carbonyl (C=O) groups excluding carboxylic acids is 2. The van der Waals surface area contributed by atoms with Gasteiger partial charge in [0.05, 0.1) is 12.7 Å². The van der Waals surface area contributed by atoms with Gasteiger partial charge < -0.3 is 19.5 Å². The number of ether oxygens (including phenoxy) is 3. The summed E-state index contributed by atoms with van der Waals surface area (Å²) in [5.41, 5.74) is 2.45. The molecule has 2 aromatic rings. The Morgan fingerprint density at radius 1 is 1.04 bits per heavy atom. The summed E-state index contributed by atoms with van der Waals surface area (Å²) in [4.78, 5) is 24.7. The number of amides is 1. The van der Waals surface area contributed by atoms with Gasteiger partial charge in [-0.05, 0) is 50.1 Å². The first-order chi connectivity index (χ1) is 13.2.